The number of nitrogen functional groups attached to an aromatic ring is 1. The van der Waals surface area contributed by atoms with Crippen LogP contribution in [0.15, 0.2) is 53.1 Å². The average molecular weight is 508 g/mol. The highest BCUT2D eigenvalue weighted by molar-refractivity contribution is 5.85. The summed E-state index contributed by atoms with van der Waals surface area (Å²) in [6.45, 7) is 5.73. The molecule has 5 rings (SSSR count). The van der Waals surface area contributed by atoms with Crippen LogP contribution in [0.4, 0.5) is 16.3 Å². The van der Waals surface area contributed by atoms with Crippen LogP contribution in [0.2, 0.25) is 0 Å². The molecular weight excluding hydrogens is 477 g/mol. The van der Waals surface area contributed by atoms with Crippen molar-refractivity contribution in [2.75, 3.05) is 43.8 Å². The van der Waals surface area contributed by atoms with Crippen LogP contribution in [-0.4, -0.2) is 84.7 Å². The van der Waals surface area contributed by atoms with Gasteiger partial charge in [-0.15, -0.1) is 5.10 Å². The molecular formula is C25H30FN9O2. The summed E-state index contributed by atoms with van der Waals surface area (Å²) in [6.07, 6.45) is 1.96. The van der Waals surface area contributed by atoms with E-state index in [-0.39, 0.29) is 23.6 Å². The first-order valence-electron chi connectivity index (χ1n) is 12.2. The largest absolute Gasteiger partial charge is 0.461 e. The number of fused-ring (bicyclic) bond motifs is 1. The number of aromatic nitrogens is 5. The minimum Gasteiger partial charge on any atom is -0.461 e. The van der Waals surface area contributed by atoms with Crippen molar-refractivity contribution in [1.29, 1.82) is 0 Å². The molecule has 4 aromatic rings. The van der Waals surface area contributed by atoms with Gasteiger partial charge < -0.3 is 20.4 Å². The second-order valence-corrected chi connectivity index (χ2v) is 9.74. The molecule has 194 valence electrons. The molecule has 1 saturated heterocycles. The number of amides is 1. The van der Waals surface area contributed by atoms with Gasteiger partial charge in [0.15, 0.2) is 5.76 Å². The Morgan fingerprint density at radius 1 is 1.11 bits per heavy atom. The molecule has 1 aliphatic rings. The van der Waals surface area contributed by atoms with E-state index in [0.717, 1.165) is 5.56 Å². The number of alkyl halides is 1. The molecule has 1 aromatic carbocycles. The standard InChI is InChI=1S/C25H30FN9O2/c1-25(2,26)16-33-10-12-34(13-11-33)21(36)18(15-17-7-4-3-5-8-17)28-23-30-22(27)35-24(31-23)29-20(32-35)19-9-6-14-37-19/h3-9,14,18H,10-13,15-16H2,1-2H3,(H3,27,28,29,30,31,32)/t18-/m0/s1. The lowest BCUT2D eigenvalue weighted by atomic mass is 10.0. The van der Waals surface area contributed by atoms with Gasteiger partial charge in [-0.1, -0.05) is 30.3 Å². The third-order valence-electron chi connectivity index (χ3n) is 6.14. The smallest absolute Gasteiger partial charge is 0.259 e. The fraction of sp³-hybridized carbons (Fsp3) is 0.400. The molecule has 3 N–H and O–H groups in total. The lowest BCUT2D eigenvalue weighted by Crippen LogP contribution is -2.54. The molecule has 0 bridgehead atoms. The van der Waals surface area contributed by atoms with Crippen molar-refractivity contribution in [3.8, 4) is 11.6 Å². The molecule has 0 saturated carbocycles. The van der Waals surface area contributed by atoms with Crippen molar-refractivity contribution in [2.24, 2.45) is 0 Å². The first-order chi connectivity index (χ1) is 17.7. The number of hydrogen-bond acceptors (Lipinski definition) is 9. The molecule has 37 heavy (non-hydrogen) atoms. The molecule has 3 aromatic heterocycles. The van der Waals surface area contributed by atoms with Crippen LogP contribution in [0, 0.1) is 0 Å². The van der Waals surface area contributed by atoms with Gasteiger partial charge >= 0.3 is 0 Å². The first-order valence-corrected chi connectivity index (χ1v) is 12.2. The van der Waals surface area contributed by atoms with Crippen molar-refractivity contribution >= 4 is 23.6 Å². The van der Waals surface area contributed by atoms with E-state index in [1.807, 2.05) is 35.2 Å². The zero-order valence-electron chi connectivity index (χ0n) is 20.8. The monoisotopic (exact) mass is 507 g/mol. The number of nitrogens with two attached hydrogens (primary N) is 1. The van der Waals surface area contributed by atoms with Crippen LogP contribution in [0.5, 0.6) is 0 Å². The minimum atomic E-state index is -1.28. The summed E-state index contributed by atoms with van der Waals surface area (Å²) in [4.78, 5) is 30.7. The van der Waals surface area contributed by atoms with E-state index in [2.05, 4.69) is 25.4 Å². The summed E-state index contributed by atoms with van der Waals surface area (Å²) >= 11 is 0. The van der Waals surface area contributed by atoms with E-state index < -0.39 is 11.7 Å². The number of furan rings is 1. The van der Waals surface area contributed by atoms with Gasteiger partial charge in [0.05, 0.1) is 6.26 Å². The van der Waals surface area contributed by atoms with E-state index in [1.54, 1.807) is 30.9 Å². The minimum absolute atomic E-state index is 0.0752. The number of piperazine rings is 1. The summed E-state index contributed by atoms with van der Waals surface area (Å²) in [5.74, 6) is 1.21. The van der Waals surface area contributed by atoms with Crippen LogP contribution in [0.25, 0.3) is 17.4 Å². The summed E-state index contributed by atoms with van der Waals surface area (Å²) < 4.78 is 20.8. The van der Waals surface area contributed by atoms with Crippen molar-refractivity contribution in [3.63, 3.8) is 0 Å². The van der Waals surface area contributed by atoms with Gasteiger partial charge in [-0.25, -0.2) is 4.39 Å². The Labute approximate surface area is 213 Å². The number of benzene rings is 1. The van der Waals surface area contributed by atoms with E-state index in [0.29, 0.717) is 50.7 Å². The lowest BCUT2D eigenvalue weighted by Gasteiger charge is -2.38. The Hall–Kier alpha value is -4.06. The lowest BCUT2D eigenvalue weighted by molar-refractivity contribution is -0.134. The number of nitrogens with one attached hydrogen (secondary N) is 1. The molecule has 0 aliphatic carbocycles. The Bertz CT molecular complexity index is 1340. The average Bonchev–Trinajstić information content (AvgIpc) is 3.54. The van der Waals surface area contributed by atoms with Gasteiger partial charge in [0.1, 0.15) is 11.7 Å². The van der Waals surface area contributed by atoms with Crippen LogP contribution in [0.3, 0.4) is 0 Å². The summed E-state index contributed by atoms with van der Waals surface area (Å²) in [5, 5.41) is 7.49. The third kappa shape index (κ3) is 5.85. The zero-order valence-corrected chi connectivity index (χ0v) is 20.8. The Morgan fingerprint density at radius 3 is 2.54 bits per heavy atom. The van der Waals surface area contributed by atoms with Crippen molar-refractivity contribution < 1.29 is 13.6 Å². The second kappa shape index (κ2) is 10.1. The third-order valence-corrected chi connectivity index (χ3v) is 6.14. The maximum absolute atomic E-state index is 14.1. The van der Waals surface area contributed by atoms with Crippen molar-refractivity contribution in [3.05, 3.63) is 54.3 Å². The number of halogens is 1. The Morgan fingerprint density at radius 2 is 1.86 bits per heavy atom. The predicted octanol–water partition coefficient (Wildman–Crippen LogP) is 2.28. The maximum atomic E-state index is 14.1. The highest BCUT2D eigenvalue weighted by Gasteiger charge is 2.30. The molecule has 11 nitrogen and oxygen atoms in total. The van der Waals surface area contributed by atoms with Gasteiger partial charge in [0.2, 0.25) is 23.6 Å². The van der Waals surface area contributed by atoms with Crippen molar-refractivity contribution in [2.45, 2.75) is 32.0 Å². The van der Waals surface area contributed by atoms with Crippen LogP contribution >= 0.6 is 0 Å². The summed E-state index contributed by atoms with van der Waals surface area (Å²) in [6, 6.07) is 12.6. The van der Waals surface area contributed by atoms with Gasteiger partial charge in [-0.05, 0) is 31.5 Å². The van der Waals surface area contributed by atoms with Crippen LogP contribution in [-0.2, 0) is 11.2 Å². The highest BCUT2D eigenvalue weighted by atomic mass is 19.1. The molecule has 4 heterocycles. The molecule has 1 aliphatic heterocycles. The molecule has 12 heteroatoms. The number of anilines is 2. The SMILES string of the molecule is CC(C)(F)CN1CCN(C(=O)[C@H](Cc2ccccc2)Nc2nc(N)n3nc(-c4ccco4)nc3n2)CC1. The molecule has 1 amide bonds. The summed E-state index contributed by atoms with van der Waals surface area (Å²) in [7, 11) is 0. The molecule has 0 radical (unpaired) electrons. The van der Waals surface area contributed by atoms with E-state index in [4.69, 9.17) is 10.2 Å². The van der Waals surface area contributed by atoms with Crippen LogP contribution < -0.4 is 11.1 Å². The van der Waals surface area contributed by atoms with Crippen molar-refractivity contribution in [1.82, 2.24) is 34.4 Å². The number of carbonyl (C=O) groups is 1. The van der Waals surface area contributed by atoms with Gasteiger partial charge in [0, 0.05) is 39.1 Å². The number of hydrogen-bond donors (Lipinski definition) is 2. The molecule has 0 spiro atoms. The van der Waals surface area contributed by atoms with Gasteiger partial charge in [0.25, 0.3) is 5.78 Å². The highest BCUT2D eigenvalue weighted by Crippen LogP contribution is 2.19. The van der Waals surface area contributed by atoms with Gasteiger partial charge in [-0.3, -0.25) is 9.69 Å². The van der Waals surface area contributed by atoms with Gasteiger partial charge in [-0.2, -0.15) is 19.5 Å². The first kappa shape index (κ1) is 24.6. The molecule has 1 fully saturated rings. The molecule has 1 atom stereocenters. The predicted molar refractivity (Wildman–Crippen MR) is 136 cm³/mol. The van der Waals surface area contributed by atoms with Crippen LogP contribution in [0.1, 0.15) is 19.4 Å². The van der Waals surface area contributed by atoms with E-state index in [1.165, 1.54) is 10.8 Å². The Balaban J connectivity index is 1.36. The maximum Gasteiger partial charge on any atom is 0.259 e. The fourth-order valence-electron chi connectivity index (χ4n) is 4.46. The quantitative estimate of drug-likeness (QED) is 0.369. The number of nitrogens with zero attached hydrogens (tertiary/aromatic N) is 7. The number of rotatable bonds is 8. The zero-order chi connectivity index (χ0) is 26.0. The fourth-order valence-corrected chi connectivity index (χ4v) is 4.46. The molecule has 0 unspecified atom stereocenters. The normalized spacial score (nSPS) is 15.7. The van der Waals surface area contributed by atoms with E-state index >= 15 is 0 Å². The summed E-state index contributed by atoms with van der Waals surface area (Å²) in [5.41, 5.74) is 5.85. The van der Waals surface area contributed by atoms with E-state index in [9.17, 15) is 9.18 Å². The topological polar surface area (TPSA) is 131 Å². The number of carbonyl (C=O) groups excluding carboxylic acids is 1. The Kier molecular flexibility index (Phi) is 6.74. The second-order valence-electron chi connectivity index (χ2n) is 9.74.